The Bertz CT molecular complexity index is 426. The molecule has 0 saturated heterocycles. The Morgan fingerprint density at radius 1 is 1.15 bits per heavy atom. The Hall–Kier alpha value is -1.02. The number of thioether (sulfide) groups is 1. The van der Waals surface area contributed by atoms with Crippen LogP contribution in [0.4, 0.5) is 0 Å². The third-order valence-electron chi connectivity index (χ3n) is 2.45. The first-order valence-corrected chi connectivity index (χ1v) is 5.48. The molecule has 1 aromatic heterocycles. The van der Waals surface area contributed by atoms with Crippen molar-refractivity contribution in [3.8, 4) is 0 Å². The molecule has 0 unspecified atom stereocenters. The second kappa shape index (κ2) is 2.74. The summed E-state index contributed by atoms with van der Waals surface area (Å²) < 4.78 is 2.35. The minimum atomic E-state index is 1.14. The van der Waals surface area contributed by atoms with E-state index in [2.05, 4.69) is 41.1 Å². The van der Waals surface area contributed by atoms with Gasteiger partial charge < -0.3 is 0 Å². The lowest BCUT2D eigenvalue weighted by molar-refractivity contribution is -0.668. The Labute approximate surface area is 81.4 Å². The molecular formula is C11H10NS+. The molecule has 0 N–H and O–H groups in total. The first-order chi connectivity index (χ1) is 6.45. The van der Waals surface area contributed by atoms with Gasteiger partial charge in [0.05, 0.1) is 10.6 Å². The molecular weight excluding hydrogens is 178 g/mol. The maximum atomic E-state index is 2.35. The van der Waals surface area contributed by atoms with Gasteiger partial charge >= 0.3 is 0 Å². The fourth-order valence-electron chi connectivity index (χ4n) is 1.86. The highest BCUT2D eigenvalue weighted by atomic mass is 32.2. The van der Waals surface area contributed by atoms with Crippen LogP contribution in [0, 0.1) is 0 Å². The molecule has 2 aromatic rings. The molecule has 0 radical (unpaired) electrons. The molecule has 1 aliphatic heterocycles. The van der Waals surface area contributed by atoms with E-state index in [-0.39, 0.29) is 0 Å². The van der Waals surface area contributed by atoms with Crippen LogP contribution in [0.25, 0.3) is 10.9 Å². The maximum Gasteiger partial charge on any atom is 0.226 e. The third-order valence-corrected chi connectivity index (χ3v) is 3.48. The van der Waals surface area contributed by atoms with E-state index < -0.39 is 0 Å². The summed E-state index contributed by atoms with van der Waals surface area (Å²) in [5.74, 6) is 1.20. The predicted molar refractivity (Wildman–Crippen MR) is 54.9 cm³/mol. The number of aromatic nitrogens is 1. The number of para-hydroxylation sites is 1. The second-order valence-electron chi connectivity index (χ2n) is 3.24. The van der Waals surface area contributed by atoms with Crippen molar-refractivity contribution >= 4 is 22.7 Å². The molecule has 0 saturated carbocycles. The van der Waals surface area contributed by atoms with Crippen molar-refractivity contribution < 1.29 is 4.57 Å². The van der Waals surface area contributed by atoms with Crippen LogP contribution in [0.5, 0.6) is 0 Å². The van der Waals surface area contributed by atoms with E-state index >= 15 is 0 Å². The van der Waals surface area contributed by atoms with Crippen molar-refractivity contribution in [1.29, 1.82) is 0 Å². The lowest BCUT2D eigenvalue weighted by atomic mass is 10.2. The van der Waals surface area contributed by atoms with E-state index in [0.717, 1.165) is 6.54 Å². The standard InChI is InChI=1S/C11H10NS/c1-3-9-4-2-6-12-7-8-13-10(5-1)11(9)12/h1-6H,7-8H2/q+1. The zero-order chi connectivity index (χ0) is 8.67. The molecule has 1 aliphatic rings. The van der Waals surface area contributed by atoms with Gasteiger partial charge in [0, 0.05) is 11.5 Å². The van der Waals surface area contributed by atoms with Crippen molar-refractivity contribution in [3.63, 3.8) is 0 Å². The van der Waals surface area contributed by atoms with Crippen LogP contribution in [-0.4, -0.2) is 5.75 Å². The van der Waals surface area contributed by atoms with Crippen LogP contribution in [0.15, 0.2) is 41.4 Å². The third kappa shape index (κ3) is 1.05. The molecule has 2 heteroatoms. The zero-order valence-electron chi connectivity index (χ0n) is 7.23. The van der Waals surface area contributed by atoms with Crippen molar-refractivity contribution in [3.05, 3.63) is 36.5 Å². The van der Waals surface area contributed by atoms with Gasteiger partial charge in [-0.1, -0.05) is 6.07 Å². The lowest BCUT2D eigenvalue weighted by Crippen LogP contribution is -2.37. The van der Waals surface area contributed by atoms with Crippen molar-refractivity contribution in [2.75, 3.05) is 5.75 Å². The number of hydrogen-bond donors (Lipinski definition) is 0. The van der Waals surface area contributed by atoms with E-state index in [1.54, 1.807) is 0 Å². The van der Waals surface area contributed by atoms with E-state index in [0.29, 0.717) is 0 Å². The van der Waals surface area contributed by atoms with E-state index in [1.807, 2.05) is 11.8 Å². The average molecular weight is 188 g/mol. The smallest absolute Gasteiger partial charge is 0.196 e. The first kappa shape index (κ1) is 7.39. The summed E-state index contributed by atoms with van der Waals surface area (Å²) in [7, 11) is 0. The zero-order valence-corrected chi connectivity index (χ0v) is 8.05. The Morgan fingerprint density at radius 3 is 3.08 bits per heavy atom. The number of benzene rings is 1. The molecule has 3 rings (SSSR count). The van der Waals surface area contributed by atoms with Crippen molar-refractivity contribution in [2.45, 2.75) is 11.4 Å². The van der Waals surface area contributed by atoms with Gasteiger partial charge in [-0.15, -0.1) is 11.8 Å². The van der Waals surface area contributed by atoms with E-state index in [1.165, 1.54) is 21.6 Å². The summed E-state index contributed by atoms with van der Waals surface area (Å²) >= 11 is 1.96. The largest absolute Gasteiger partial charge is 0.226 e. The highest BCUT2D eigenvalue weighted by Gasteiger charge is 2.17. The Morgan fingerprint density at radius 2 is 2.08 bits per heavy atom. The number of hydrogen-bond acceptors (Lipinski definition) is 1. The predicted octanol–water partition coefficient (Wildman–Crippen LogP) is 2.23. The lowest BCUT2D eigenvalue weighted by Gasteiger charge is -2.10. The number of rotatable bonds is 0. The summed E-state index contributed by atoms with van der Waals surface area (Å²) in [5, 5.41) is 1.35. The SMILES string of the molecule is c1cc2c3c(c1)ccc[n+]3CCS2. The number of aryl methyl sites for hydroxylation is 1. The molecule has 13 heavy (non-hydrogen) atoms. The molecule has 0 aliphatic carbocycles. The fraction of sp³-hybridized carbons (Fsp3) is 0.182. The van der Waals surface area contributed by atoms with Crippen LogP contribution < -0.4 is 4.57 Å². The summed E-state index contributed by atoms with van der Waals surface area (Å²) in [6.07, 6.45) is 2.17. The number of pyridine rings is 1. The molecule has 64 valence electrons. The van der Waals surface area contributed by atoms with Gasteiger partial charge in [-0.3, -0.25) is 0 Å². The minimum Gasteiger partial charge on any atom is -0.196 e. The van der Waals surface area contributed by atoms with Crippen molar-refractivity contribution in [2.24, 2.45) is 0 Å². The molecule has 0 amide bonds. The van der Waals surface area contributed by atoms with Gasteiger partial charge in [-0.2, -0.15) is 4.57 Å². The minimum absolute atomic E-state index is 1.14. The van der Waals surface area contributed by atoms with Gasteiger partial charge in [0.2, 0.25) is 5.52 Å². The highest BCUT2D eigenvalue weighted by molar-refractivity contribution is 7.99. The summed E-state index contributed by atoms with van der Waals surface area (Å²) in [5.41, 5.74) is 1.40. The summed E-state index contributed by atoms with van der Waals surface area (Å²) in [4.78, 5) is 1.42. The fourth-order valence-corrected chi connectivity index (χ4v) is 2.92. The van der Waals surface area contributed by atoms with Gasteiger partial charge in [-0.05, 0) is 18.2 Å². The Balaban J connectivity index is 2.49. The van der Waals surface area contributed by atoms with Gasteiger partial charge in [-0.25, -0.2) is 0 Å². The van der Waals surface area contributed by atoms with Crippen molar-refractivity contribution in [1.82, 2.24) is 0 Å². The summed E-state index contributed by atoms with van der Waals surface area (Å²) in [6.45, 7) is 1.14. The maximum absolute atomic E-state index is 2.35. The average Bonchev–Trinajstić information content (AvgIpc) is 2.19. The molecule has 0 spiro atoms. The van der Waals surface area contributed by atoms with Gasteiger partial charge in [0.1, 0.15) is 0 Å². The van der Waals surface area contributed by atoms with Gasteiger partial charge in [0.25, 0.3) is 0 Å². The first-order valence-electron chi connectivity index (χ1n) is 4.49. The van der Waals surface area contributed by atoms with E-state index in [9.17, 15) is 0 Å². The second-order valence-corrected chi connectivity index (χ2v) is 4.38. The molecule has 0 atom stereocenters. The Kier molecular flexibility index (Phi) is 1.56. The summed E-state index contributed by atoms with van der Waals surface area (Å²) in [6, 6.07) is 10.8. The van der Waals surface area contributed by atoms with Crippen LogP contribution in [0.2, 0.25) is 0 Å². The monoisotopic (exact) mass is 188 g/mol. The molecule has 2 heterocycles. The van der Waals surface area contributed by atoms with Crippen LogP contribution >= 0.6 is 11.8 Å². The number of nitrogens with zero attached hydrogens (tertiary/aromatic N) is 1. The van der Waals surface area contributed by atoms with E-state index in [4.69, 9.17) is 0 Å². The van der Waals surface area contributed by atoms with Crippen LogP contribution in [0.1, 0.15) is 0 Å². The normalized spacial score (nSPS) is 14.8. The molecule has 0 fully saturated rings. The van der Waals surface area contributed by atoms with Crippen LogP contribution in [-0.2, 0) is 6.54 Å². The molecule has 1 aromatic carbocycles. The quantitative estimate of drug-likeness (QED) is 0.573. The molecule has 1 nitrogen and oxygen atoms in total. The van der Waals surface area contributed by atoms with Crippen LogP contribution in [0.3, 0.4) is 0 Å². The molecule has 0 bridgehead atoms. The topological polar surface area (TPSA) is 3.88 Å². The highest BCUT2D eigenvalue weighted by Crippen LogP contribution is 2.27. The van der Waals surface area contributed by atoms with Gasteiger partial charge in [0.15, 0.2) is 12.7 Å².